The summed E-state index contributed by atoms with van der Waals surface area (Å²) in [5.74, 6) is -0.0656. The molecule has 0 saturated carbocycles. The van der Waals surface area contributed by atoms with Crippen molar-refractivity contribution in [2.24, 2.45) is 5.92 Å². The number of aryl methyl sites for hydroxylation is 1. The van der Waals surface area contributed by atoms with E-state index in [1.165, 1.54) is 19.3 Å². The second-order valence-corrected chi connectivity index (χ2v) is 9.59. The first-order valence-corrected chi connectivity index (χ1v) is 12.7. The lowest BCUT2D eigenvalue weighted by atomic mass is 9.96. The van der Waals surface area contributed by atoms with Crippen LogP contribution in [0.15, 0.2) is 24.3 Å². The molecule has 0 radical (unpaired) electrons. The molecule has 0 bridgehead atoms. The number of hydrogen-bond acceptors (Lipinski definition) is 3. The number of amides is 3. The third kappa shape index (κ3) is 7.86. The average Bonchev–Trinajstić information content (AvgIpc) is 2.81. The van der Waals surface area contributed by atoms with Gasteiger partial charge in [0.05, 0.1) is 0 Å². The van der Waals surface area contributed by atoms with Crippen molar-refractivity contribution in [2.45, 2.75) is 91.6 Å². The van der Waals surface area contributed by atoms with Crippen LogP contribution in [0.4, 0.5) is 0 Å². The summed E-state index contributed by atoms with van der Waals surface area (Å²) in [6.07, 6.45) is 7.02. The fourth-order valence-electron chi connectivity index (χ4n) is 4.36. The molecule has 3 amide bonds. The van der Waals surface area contributed by atoms with Gasteiger partial charge >= 0.3 is 0 Å². The molecule has 6 heteroatoms. The Labute approximate surface area is 200 Å². The van der Waals surface area contributed by atoms with E-state index < -0.39 is 6.04 Å². The molecule has 33 heavy (non-hydrogen) atoms. The standard InChI is InChI=1S/C27H43N3O3/c1-6-8-9-10-11-12-24(31)30-18-17-29(19-22(30)5)27(33)25(21(4)7-2)28-26(32)23-15-13-20(3)14-16-23/h13-16,21-22,25H,6-12,17-19H2,1-5H3,(H,28,32)/t21-,22-,25-/m1/s1. The molecule has 3 atom stereocenters. The Bertz CT molecular complexity index is 777. The maximum atomic E-state index is 13.4. The summed E-state index contributed by atoms with van der Waals surface area (Å²) in [5.41, 5.74) is 1.65. The SMILES string of the molecule is CCCCCCCC(=O)N1CCN(C(=O)[C@H](NC(=O)c2ccc(C)cc2)[C@H](C)CC)C[C@H]1C. The molecule has 0 aromatic heterocycles. The second-order valence-electron chi connectivity index (χ2n) is 9.59. The summed E-state index contributed by atoms with van der Waals surface area (Å²) in [7, 11) is 0. The largest absolute Gasteiger partial charge is 0.340 e. The molecule has 0 aliphatic carbocycles. The minimum absolute atomic E-state index is 0.0174. The van der Waals surface area contributed by atoms with Gasteiger partial charge in [0.15, 0.2) is 0 Å². The predicted molar refractivity (Wildman–Crippen MR) is 133 cm³/mol. The molecule has 1 saturated heterocycles. The molecule has 0 unspecified atom stereocenters. The smallest absolute Gasteiger partial charge is 0.251 e. The van der Waals surface area contributed by atoms with Crippen LogP contribution in [0.3, 0.4) is 0 Å². The second kappa shape index (κ2) is 13.4. The summed E-state index contributed by atoms with van der Waals surface area (Å²) in [6, 6.07) is 6.79. The number of unbranched alkanes of at least 4 members (excludes halogenated alkanes) is 4. The van der Waals surface area contributed by atoms with E-state index in [-0.39, 0.29) is 29.7 Å². The quantitative estimate of drug-likeness (QED) is 0.495. The zero-order chi connectivity index (χ0) is 24.4. The van der Waals surface area contributed by atoms with Crippen LogP contribution in [0.25, 0.3) is 0 Å². The molecular formula is C27H43N3O3. The first-order chi connectivity index (χ1) is 15.8. The number of benzene rings is 1. The zero-order valence-electron chi connectivity index (χ0n) is 21.2. The summed E-state index contributed by atoms with van der Waals surface area (Å²) >= 11 is 0. The van der Waals surface area contributed by atoms with Crippen molar-refractivity contribution >= 4 is 17.7 Å². The Hall–Kier alpha value is -2.37. The molecule has 1 aromatic rings. The van der Waals surface area contributed by atoms with E-state index in [4.69, 9.17) is 0 Å². The van der Waals surface area contributed by atoms with E-state index >= 15 is 0 Å². The number of nitrogens with one attached hydrogen (secondary N) is 1. The third-order valence-corrected chi connectivity index (χ3v) is 6.83. The zero-order valence-corrected chi connectivity index (χ0v) is 21.2. The van der Waals surface area contributed by atoms with Gasteiger partial charge in [-0.2, -0.15) is 0 Å². The maximum Gasteiger partial charge on any atom is 0.251 e. The molecule has 1 N–H and O–H groups in total. The van der Waals surface area contributed by atoms with Crippen molar-refractivity contribution in [3.63, 3.8) is 0 Å². The first-order valence-electron chi connectivity index (χ1n) is 12.7. The number of carbonyl (C=O) groups is 3. The molecule has 1 fully saturated rings. The van der Waals surface area contributed by atoms with E-state index in [1.807, 2.05) is 49.6 Å². The van der Waals surface area contributed by atoms with Crippen molar-refractivity contribution in [3.8, 4) is 0 Å². The molecule has 1 heterocycles. The van der Waals surface area contributed by atoms with Gasteiger partial charge in [-0.25, -0.2) is 0 Å². The van der Waals surface area contributed by atoms with Crippen LogP contribution in [-0.4, -0.2) is 59.2 Å². The van der Waals surface area contributed by atoms with Gasteiger partial charge < -0.3 is 15.1 Å². The normalized spacial score (nSPS) is 18.0. The Balaban J connectivity index is 1.96. The van der Waals surface area contributed by atoms with Crippen LogP contribution in [0, 0.1) is 12.8 Å². The van der Waals surface area contributed by atoms with Crippen molar-refractivity contribution in [1.29, 1.82) is 0 Å². The molecule has 1 aliphatic heterocycles. The number of hydrogen-bond donors (Lipinski definition) is 1. The maximum absolute atomic E-state index is 13.4. The van der Waals surface area contributed by atoms with Gasteiger partial charge in [-0.15, -0.1) is 0 Å². The van der Waals surface area contributed by atoms with Crippen LogP contribution in [-0.2, 0) is 9.59 Å². The lowest BCUT2D eigenvalue weighted by Crippen LogP contribution is -2.60. The molecule has 6 nitrogen and oxygen atoms in total. The Morgan fingerprint density at radius 3 is 2.30 bits per heavy atom. The minimum atomic E-state index is -0.572. The Morgan fingerprint density at radius 1 is 1.03 bits per heavy atom. The first kappa shape index (κ1) is 26.9. The summed E-state index contributed by atoms with van der Waals surface area (Å²) < 4.78 is 0. The van der Waals surface area contributed by atoms with E-state index in [9.17, 15) is 14.4 Å². The summed E-state index contributed by atoms with van der Waals surface area (Å²) in [5, 5.41) is 2.98. The highest BCUT2D eigenvalue weighted by Gasteiger charge is 2.35. The van der Waals surface area contributed by atoms with Gasteiger partial charge in [0.2, 0.25) is 11.8 Å². The molecule has 2 rings (SSSR count). The lowest BCUT2D eigenvalue weighted by Gasteiger charge is -2.41. The van der Waals surface area contributed by atoms with Crippen LogP contribution in [0.2, 0.25) is 0 Å². The highest BCUT2D eigenvalue weighted by atomic mass is 16.2. The number of rotatable bonds is 11. The van der Waals surface area contributed by atoms with E-state index in [0.717, 1.165) is 24.8 Å². The van der Waals surface area contributed by atoms with Crippen LogP contribution < -0.4 is 5.32 Å². The van der Waals surface area contributed by atoms with Gasteiger partial charge in [-0.1, -0.05) is 70.6 Å². The molecule has 184 valence electrons. The Morgan fingerprint density at radius 2 is 1.70 bits per heavy atom. The van der Waals surface area contributed by atoms with Gasteiger partial charge in [-0.3, -0.25) is 14.4 Å². The molecule has 1 aliphatic rings. The van der Waals surface area contributed by atoms with Crippen molar-refractivity contribution in [3.05, 3.63) is 35.4 Å². The molecular weight excluding hydrogens is 414 g/mol. The van der Waals surface area contributed by atoms with Gasteiger partial charge in [0.25, 0.3) is 5.91 Å². The van der Waals surface area contributed by atoms with E-state index in [1.54, 1.807) is 12.1 Å². The van der Waals surface area contributed by atoms with Crippen LogP contribution in [0.1, 0.15) is 88.6 Å². The summed E-state index contributed by atoms with van der Waals surface area (Å²) in [4.78, 5) is 42.7. The third-order valence-electron chi connectivity index (χ3n) is 6.83. The van der Waals surface area contributed by atoms with Crippen LogP contribution >= 0.6 is 0 Å². The molecule has 0 spiro atoms. The molecule has 1 aromatic carbocycles. The fraction of sp³-hybridized carbons (Fsp3) is 0.667. The number of carbonyl (C=O) groups excluding carboxylic acids is 3. The fourth-order valence-corrected chi connectivity index (χ4v) is 4.36. The van der Waals surface area contributed by atoms with E-state index in [0.29, 0.717) is 31.6 Å². The highest BCUT2D eigenvalue weighted by molar-refractivity contribution is 5.97. The lowest BCUT2D eigenvalue weighted by molar-refractivity contribution is -0.144. The summed E-state index contributed by atoms with van der Waals surface area (Å²) in [6.45, 7) is 11.8. The van der Waals surface area contributed by atoms with Crippen molar-refractivity contribution in [1.82, 2.24) is 15.1 Å². The number of nitrogens with zero attached hydrogens (tertiary/aromatic N) is 2. The highest BCUT2D eigenvalue weighted by Crippen LogP contribution is 2.18. The van der Waals surface area contributed by atoms with Crippen molar-refractivity contribution in [2.75, 3.05) is 19.6 Å². The average molecular weight is 458 g/mol. The predicted octanol–water partition coefficient (Wildman–Crippen LogP) is 4.56. The minimum Gasteiger partial charge on any atom is -0.340 e. The monoisotopic (exact) mass is 457 g/mol. The van der Waals surface area contributed by atoms with Crippen LogP contribution in [0.5, 0.6) is 0 Å². The van der Waals surface area contributed by atoms with Gasteiger partial charge in [0, 0.05) is 37.7 Å². The van der Waals surface area contributed by atoms with Gasteiger partial charge in [0.1, 0.15) is 6.04 Å². The van der Waals surface area contributed by atoms with Gasteiger partial charge in [-0.05, 0) is 38.3 Å². The topological polar surface area (TPSA) is 69.7 Å². The Kier molecular flexibility index (Phi) is 10.9. The van der Waals surface area contributed by atoms with Crippen molar-refractivity contribution < 1.29 is 14.4 Å². The number of piperazine rings is 1. The van der Waals surface area contributed by atoms with E-state index in [2.05, 4.69) is 12.2 Å².